The van der Waals surface area contributed by atoms with Crippen LogP contribution >= 0.6 is 0 Å². The van der Waals surface area contributed by atoms with Gasteiger partial charge in [-0.2, -0.15) is 8.42 Å². The van der Waals surface area contributed by atoms with Crippen molar-refractivity contribution in [3.05, 3.63) is 29.8 Å². The molecule has 5 atom stereocenters. The molecule has 0 aromatic carbocycles. The van der Waals surface area contributed by atoms with Crippen LogP contribution in [-0.2, 0) is 14.9 Å². The van der Waals surface area contributed by atoms with Gasteiger partial charge in [0.05, 0.1) is 17.0 Å². The molecule has 1 aliphatic rings. The van der Waals surface area contributed by atoms with Gasteiger partial charge in [-0.15, -0.1) is 0 Å². The van der Waals surface area contributed by atoms with Crippen LogP contribution in [0.2, 0.25) is 0 Å². The van der Waals surface area contributed by atoms with Gasteiger partial charge in [0, 0.05) is 12.3 Å². The SMILES string of the molecule is Cc1noc(C)c1-c1cc(O[C@@H]2OC(S(=O)(=O)O)[C@@H](O)[C@H](O)[C@H]2O)ccn1. The molecule has 1 fully saturated rings. The molecule has 2 aromatic heterocycles. The van der Waals surface area contributed by atoms with E-state index in [1.54, 1.807) is 13.8 Å². The second kappa shape index (κ2) is 7.14. The van der Waals surface area contributed by atoms with Crippen molar-refractivity contribution in [1.82, 2.24) is 10.1 Å². The molecule has 3 rings (SSSR count). The molecule has 1 aliphatic heterocycles. The lowest BCUT2D eigenvalue weighted by atomic mass is 10.1. The average Bonchev–Trinajstić information content (AvgIpc) is 2.93. The maximum absolute atomic E-state index is 11.3. The molecule has 11 nitrogen and oxygen atoms in total. The summed E-state index contributed by atoms with van der Waals surface area (Å²) in [5.41, 5.74) is -0.501. The Morgan fingerprint density at radius 2 is 1.85 bits per heavy atom. The van der Waals surface area contributed by atoms with Gasteiger partial charge in [0.25, 0.3) is 10.1 Å². The fourth-order valence-corrected chi connectivity index (χ4v) is 3.53. The molecule has 4 N–H and O–H groups in total. The fraction of sp³-hybridized carbons (Fsp3) is 0.467. The molecular formula is C15H18N2O9S. The Morgan fingerprint density at radius 3 is 2.44 bits per heavy atom. The summed E-state index contributed by atoms with van der Waals surface area (Å²) in [6.07, 6.45) is -6.01. The molecule has 0 bridgehead atoms. The van der Waals surface area contributed by atoms with Gasteiger partial charge in [-0.05, 0) is 19.9 Å². The van der Waals surface area contributed by atoms with E-state index in [0.717, 1.165) is 0 Å². The van der Waals surface area contributed by atoms with Crippen molar-refractivity contribution in [3.8, 4) is 17.0 Å². The van der Waals surface area contributed by atoms with E-state index in [9.17, 15) is 23.7 Å². The number of hydrogen-bond donors (Lipinski definition) is 4. The van der Waals surface area contributed by atoms with Crippen LogP contribution in [0.5, 0.6) is 5.75 Å². The van der Waals surface area contributed by atoms with Crippen LogP contribution in [0.3, 0.4) is 0 Å². The van der Waals surface area contributed by atoms with E-state index in [4.69, 9.17) is 18.5 Å². The zero-order valence-corrected chi connectivity index (χ0v) is 15.1. The maximum atomic E-state index is 11.3. The predicted molar refractivity (Wildman–Crippen MR) is 88.1 cm³/mol. The zero-order valence-electron chi connectivity index (χ0n) is 14.3. The number of hydrogen-bond acceptors (Lipinski definition) is 10. The molecule has 1 unspecified atom stereocenters. The monoisotopic (exact) mass is 402 g/mol. The molecule has 0 radical (unpaired) electrons. The molecule has 0 saturated carbocycles. The highest BCUT2D eigenvalue weighted by Crippen LogP contribution is 2.30. The summed E-state index contributed by atoms with van der Waals surface area (Å²) in [7, 11) is -4.87. The minimum atomic E-state index is -4.87. The molecule has 0 amide bonds. The minimum Gasteiger partial charge on any atom is -0.462 e. The Morgan fingerprint density at radius 1 is 1.15 bits per heavy atom. The number of aliphatic hydroxyl groups excluding tert-OH is 3. The van der Waals surface area contributed by atoms with E-state index in [1.807, 2.05) is 0 Å². The Hall–Kier alpha value is -2.09. The lowest BCUT2D eigenvalue weighted by Gasteiger charge is -2.38. The maximum Gasteiger partial charge on any atom is 0.295 e. The second-order valence-corrected chi connectivity index (χ2v) is 7.55. The summed E-state index contributed by atoms with van der Waals surface area (Å²) >= 11 is 0. The first kappa shape index (κ1) is 19.7. The van der Waals surface area contributed by atoms with E-state index in [-0.39, 0.29) is 5.75 Å². The molecule has 0 aliphatic carbocycles. The highest BCUT2D eigenvalue weighted by atomic mass is 32.2. The number of aromatic nitrogens is 2. The lowest BCUT2D eigenvalue weighted by molar-refractivity contribution is -0.254. The quantitative estimate of drug-likeness (QED) is 0.480. The van der Waals surface area contributed by atoms with Crippen LogP contribution < -0.4 is 4.74 Å². The van der Waals surface area contributed by atoms with Crippen LogP contribution in [0.4, 0.5) is 0 Å². The van der Waals surface area contributed by atoms with E-state index in [2.05, 4.69) is 10.1 Å². The van der Waals surface area contributed by atoms with Crippen molar-refractivity contribution >= 4 is 10.1 Å². The summed E-state index contributed by atoms with van der Waals surface area (Å²) in [6.45, 7) is 3.43. The van der Waals surface area contributed by atoms with Gasteiger partial charge < -0.3 is 29.3 Å². The average molecular weight is 402 g/mol. The van der Waals surface area contributed by atoms with Gasteiger partial charge in [0.2, 0.25) is 11.7 Å². The molecule has 148 valence electrons. The van der Waals surface area contributed by atoms with Crippen LogP contribution in [0.1, 0.15) is 11.5 Å². The van der Waals surface area contributed by atoms with Crippen molar-refractivity contribution in [2.24, 2.45) is 0 Å². The fourth-order valence-electron chi connectivity index (χ4n) is 2.77. The number of ether oxygens (including phenoxy) is 2. The van der Waals surface area contributed by atoms with E-state index >= 15 is 0 Å². The molecule has 12 heteroatoms. The standard InChI is InChI=1S/C15H18N2O9S/c1-6-10(7(2)26-17-6)9-5-8(3-4-16-9)24-14-12(19)11(18)13(20)15(25-14)27(21,22)23/h3-5,11-15,18-20H,1-2H3,(H,21,22,23)/t11-,12-,13+,14-,15?/m1/s1. The van der Waals surface area contributed by atoms with Crippen molar-refractivity contribution in [3.63, 3.8) is 0 Å². The minimum absolute atomic E-state index is 0.127. The van der Waals surface area contributed by atoms with Crippen LogP contribution in [-0.4, -0.2) is 68.5 Å². The first-order valence-electron chi connectivity index (χ1n) is 7.81. The first-order valence-corrected chi connectivity index (χ1v) is 9.32. The topological polar surface area (TPSA) is 172 Å². The third kappa shape index (κ3) is 3.81. The Labute approximate surface area is 153 Å². The molecule has 0 spiro atoms. The summed E-state index contributed by atoms with van der Waals surface area (Å²) in [5.74, 6) is 0.651. The Bertz CT molecular complexity index is 910. The predicted octanol–water partition coefficient (Wildman–Crippen LogP) is -0.615. The number of nitrogens with zero attached hydrogens (tertiary/aromatic N) is 2. The van der Waals surface area contributed by atoms with Crippen LogP contribution in [0, 0.1) is 13.8 Å². The summed E-state index contributed by atoms with van der Waals surface area (Å²) in [6, 6.07) is 2.89. The number of pyridine rings is 1. The molecular weight excluding hydrogens is 384 g/mol. The second-order valence-electron chi connectivity index (χ2n) is 6.05. The van der Waals surface area contributed by atoms with Crippen molar-refractivity contribution in [1.29, 1.82) is 0 Å². The zero-order chi connectivity index (χ0) is 19.9. The Balaban J connectivity index is 1.87. The highest BCUT2D eigenvalue weighted by Gasteiger charge is 2.50. The third-order valence-electron chi connectivity index (χ3n) is 4.09. The van der Waals surface area contributed by atoms with Crippen molar-refractivity contribution in [2.75, 3.05) is 0 Å². The summed E-state index contributed by atoms with van der Waals surface area (Å²) < 4.78 is 47.3. The molecule has 1 saturated heterocycles. The number of rotatable bonds is 4. The highest BCUT2D eigenvalue weighted by molar-refractivity contribution is 7.86. The molecule has 27 heavy (non-hydrogen) atoms. The van der Waals surface area contributed by atoms with Crippen LogP contribution in [0.15, 0.2) is 22.9 Å². The Kier molecular flexibility index (Phi) is 5.20. The normalized spacial score (nSPS) is 28.9. The van der Waals surface area contributed by atoms with Crippen molar-refractivity contribution < 1.29 is 42.3 Å². The summed E-state index contributed by atoms with van der Waals surface area (Å²) in [5, 5.41) is 33.4. The van der Waals surface area contributed by atoms with E-state index in [0.29, 0.717) is 22.7 Å². The van der Waals surface area contributed by atoms with Gasteiger partial charge in [-0.25, -0.2) is 0 Å². The van der Waals surface area contributed by atoms with E-state index < -0.39 is 40.2 Å². The van der Waals surface area contributed by atoms with E-state index in [1.165, 1.54) is 18.3 Å². The van der Waals surface area contributed by atoms with Crippen molar-refractivity contribution in [2.45, 2.75) is 43.9 Å². The van der Waals surface area contributed by atoms with Gasteiger partial charge in [-0.1, -0.05) is 5.16 Å². The van der Waals surface area contributed by atoms with Crippen LogP contribution in [0.25, 0.3) is 11.3 Å². The number of aliphatic hydroxyl groups is 3. The molecule has 3 heterocycles. The lowest BCUT2D eigenvalue weighted by Crippen LogP contribution is -2.61. The largest absolute Gasteiger partial charge is 0.462 e. The third-order valence-corrected chi connectivity index (χ3v) is 5.07. The van der Waals surface area contributed by atoms with Gasteiger partial charge in [0.15, 0.2) is 0 Å². The smallest absolute Gasteiger partial charge is 0.295 e. The van der Waals surface area contributed by atoms with Gasteiger partial charge in [0.1, 0.15) is 29.8 Å². The molecule has 2 aromatic rings. The first-order chi connectivity index (χ1) is 12.6. The van der Waals surface area contributed by atoms with Gasteiger partial charge in [-0.3, -0.25) is 9.54 Å². The number of aryl methyl sites for hydroxylation is 2. The summed E-state index contributed by atoms with van der Waals surface area (Å²) in [4.78, 5) is 4.19. The van der Waals surface area contributed by atoms with Gasteiger partial charge >= 0.3 is 0 Å².